The number of nitrogens with zero attached hydrogens (tertiary/aromatic N) is 1. The van der Waals surface area contributed by atoms with E-state index in [4.69, 9.17) is 5.73 Å². The zero-order chi connectivity index (χ0) is 14.0. The molecule has 0 spiro atoms. The number of pyridine rings is 1. The van der Waals surface area contributed by atoms with Gasteiger partial charge in [0.2, 0.25) is 0 Å². The minimum Gasteiger partial charge on any atom is -0.326 e. The first-order valence-electron chi connectivity index (χ1n) is 5.68. The first-order chi connectivity index (χ1) is 8.92. The molecule has 0 saturated heterocycles. The first-order valence-corrected chi connectivity index (χ1v) is 7.98. The van der Waals surface area contributed by atoms with Gasteiger partial charge in [0, 0.05) is 22.0 Å². The second-order valence-corrected chi connectivity index (χ2v) is 7.10. The van der Waals surface area contributed by atoms with Crippen molar-refractivity contribution >= 4 is 27.2 Å². The van der Waals surface area contributed by atoms with Crippen molar-refractivity contribution < 1.29 is 8.42 Å². The molecule has 0 amide bonds. The summed E-state index contributed by atoms with van der Waals surface area (Å²) in [5, 5.41) is 0. The Morgan fingerprint density at radius 3 is 2.68 bits per heavy atom. The van der Waals surface area contributed by atoms with Crippen molar-refractivity contribution in [2.45, 2.75) is 25.3 Å². The molecule has 19 heavy (non-hydrogen) atoms. The van der Waals surface area contributed by atoms with Gasteiger partial charge in [0.05, 0.1) is 0 Å². The van der Waals surface area contributed by atoms with Crippen molar-refractivity contribution in [1.82, 2.24) is 4.98 Å². The van der Waals surface area contributed by atoms with Crippen molar-refractivity contribution in [3.63, 3.8) is 0 Å². The van der Waals surface area contributed by atoms with Gasteiger partial charge in [-0.1, -0.05) is 6.07 Å². The molecule has 102 valence electrons. The number of nitrogens with one attached hydrogen (secondary N) is 1. The molecule has 0 aliphatic rings. The molecule has 5 nitrogen and oxygen atoms in total. The van der Waals surface area contributed by atoms with Gasteiger partial charge in [-0.15, -0.1) is 11.3 Å². The van der Waals surface area contributed by atoms with Gasteiger partial charge in [-0.3, -0.25) is 4.72 Å². The maximum absolute atomic E-state index is 12.3. The third kappa shape index (κ3) is 3.12. The lowest BCUT2D eigenvalue weighted by atomic mass is 10.4. The van der Waals surface area contributed by atoms with E-state index in [-0.39, 0.29) is 4.90 Å². The van der Waals surface area contributed by atoms with Crippen molar-refractivity contribution in [1.29, 1.82) is 0 Å². The Hall–Kier alpha value is -1.44. The number of sulfonamides is 1. The third-order valence-corrected chi connectivity index (χ3v) is 5.22. The van der Waals surface area contributed by atoms with E-state index in [2.05, 4.69) is 9.71 Å². The number of aryl methyl sites for hydroxylation is 2. The highest BCUT2D eigenvalue weighted by molar-refractivity contribution is 7.93. The van der Waals surface area contributed by atoms with Crippen LogP contribution in [-0.2, 0) is 16.6 Å². The Bertz CT molecular complexity index is 693. The van der Waals surface area contributed by atoms with E-state index < -0.39 is 10.0 Å². The average Bonchev–Trinajstić information content (AvgIpc) is 2.71. The van der Waals surface area contributed by atoms with Gasteiger partial charge < -0.3 is 5.73 Å². The van der Waals surface area contributed by atoms with Crippen LogP contribution in [0.3, 0.4) is 0 Å². The van der Waals surface area contributed by atoms with Gasteiger partial charge in [0.25, 0.3) is 10.0 Å². The molecule has 0 saturated carbocycles. The molecule has 7 heteroatoms. The highest BCUT2D eigenvalue weighted by Gasteiger charge is 2.20. The lowest BCUT2D eigenvalue weighted by molar-refractivity contribution is 0.601. The molecule has 2 aromatic heterocycles. The summed E-state index contributed by atoms with van der Waals surface area (Å²) >= 11 is 1.39. The van der Waals surface area contributed by atoms with Crippen molar-refractivity contribution in [2.24, 2.45) is 5.73 Å². The molecular formula is C12H15N3O2S2. The molecule has 0 aliphatic carbocycles. The molecule has 2 heterocycles. The predicted octanol–water partition coefficient (Wildman–Crippen LogP) is 2.02. The maximum Gasteiger partial charge on any atom is 0.264 e. The van der Waals surface area contributed by atoms with Crippen LogP contribution < -0.4 is 10.5 Å². The minimum atomic E-state index is -3.61. The van der Waals surface area contributed by atoms with E-state index in [0.717, 1.165) is 15.4 Å². The zero-order valence-corrected chi connectivity index (χ0v) is 12.3. The fourth-order valence-corrected chi connectivity index (χ4v) is 4.20. The van der Waals surface area contributed by atoms with Gasteiger partial charge >= 0.3 is 0 Å². The Labute approximate surface area is 116 Å². The van der Waals surface area contributed by atoms with Crippen molar-refractivity contribution in [2.75, 3.05) is 4.72 Å². The summed E-state index contributed by atoms with van der Waals surface area (Å²) in [5.41, 5.74) is 6.29. The first kappa shape index (κ1) is 14.0. The van der Waals surface area contributed by atoms with E-state index in [0.29, 0.717) is 12.4 Å². The largest absolute Gasteiger partial charge is 0.326 e. The summed E-state index contributed by atoms with van der Waals surface area (Å²) in [7, 11) is -3.61. The van der Waals surface area contributed by atoms with E-state index in [1.54, 1.807) is 38.1 Å². The predicted molar refractivity (Wildman–Crippen MR) is 76.7 cm³/mol. The van der Waals surface area contributed by atoms with Gasteiger partial charge in [-0.25, -0.2) is 13.4 Å². The summed E-state index contributed by atoms with van der Waals surface area (Å²) in [6.07, 6.45) is 0. The maximum atomic E-state index is 12.3. The average molecular weight is 297 g/mol. The summed E-state index contributed by atoms with van der Waals surface area (Å²) in [6.45, 7) is 3.91. The quantitative estimate of drug-likeness (QED) is 0.904. The smallest absolute Gasteiger partial charge is 0.264 e. The SMILES string of the molecule is Cc1cccc(NS(=O)(=O)c2cc(CN)sc2C)n1. The molecular weight excluding hydrogens is 282 g/mol. The van der Waals surface area contributed by atoms with Crippen LogP contribution in [0.15, 0.2) is 29.2 Å². The van der Waals surface area contributed by atoms with Gasteiger partial charge in [-0.05, 0) is 32.0 Å². The number of aromatic nitrogens is 1. The van der Waals surface area contributed by atoms with Gasteiger partial charge in [-0.2, -0.15) is 0 Å². The molecule has 2 rings (SSSR count). The molecule has 0 aromatic carbocycles. The third-order valence-electron chi connectivity index (χ3n) is 2.54. The molecule has 3 N–H and O–H groups in total. The molecule has 0 atom stereocenters. The van der Waals surface area contributed by atoms with Crippen LogP contribution in [0.25, 0.3) is 0 Å². The normalized spacial score (nSPS) is 11.5. The molecule has 0 fully saturated rings. The van der Waals surface area contributed by atoms with E-state index in [1.807, 2.05) is 0 Å². The second-order valence-electron chi connectivity index (χ2n) is 4.11. The number of hydrogen-bond acceptors (Lipinski definition) is 5. The summed E-state index contributed by atoms with van der Waals surface area (Å²) in [5.74, 6) is 0.319. The summed E-state index contributed by atoms with van der Waals surface area (Å²) < 4.78 is 27.0. The van der Waals surface area contributed by atoms with E-state index in [9.17, 15) is 8.42 Å². The topological polar surface area (TPSA) is 85.1 Å². The second kappa shape index (κ2) is 5.28. The van der Waals surface area contributed by atoms with Crippen LogP contribution >= 0.6 is 11.3 Å². The van der Waals surface area contributed by atoms with Gasteiger partial charge in [0.15, 0.2) is 0 Å². The van der Waals surface area contributed by atoms with Gasteiger partial charge in [0.1, 0.15) is 10.7 Å². The Balaban J connectivity index is 2.34. The Morgan fingerprint density at radius 1 is 1.37 bits per heavy atom. The minimum absolute atomic E-state index is 0.265. The van der Waals surface area contributed by atoms with Crippen LogP contribution in [0.2, 0.25) is 0 Å². The van der Waals surface area contributed by atoms with Crippen LogP contribution in [0, 0.1) is 13.8 Å². The van der Waals surface area contributed by atoms with Crippen LogP contribution in [-0.4, -0.2) is 13.4 Å². The molecule has 2 aromatic rings. The number of nitrogens with two attached hydrogens (primary N) is 1. The highest BCUT2D eigenvalue weighted by Crippen LogP contribution is 2.26. The van der Waals surface area contributed by atoms with E-state index >= 15 is 0 Å². The lowest BCUT2D eigenvalue weighted by Crippen LogP contribution is -2.14. The van der Waals surface area contributed by atoms with E-state index in [1.165, 1.54) is 11.3 Å². The molecule has 0 bridgehead atoms. The summed E-state index contributed by atoms with van der Waals surface area (Å²) in [6, 6.07) is 6.79. The van der Waals surface area contributed by atoms with Crippen molar-refractivity contribution in [3.05, 3.63) is 39.7 Å². The number of thiophene rings is 1. The standard InChI is InChI=1S/C12H15N3O2S2/c1-8-4-3-5-12(14-8)15-19(16,17)11-6-10(7-13)18-9(11)2/h3-6H,7,13H2,1-2H3,(H,14,15). The number of anilines is 1. The summed E-state index contributed by atoms with van der Waals surface area (Å²) in [4.78, 5) is 5.96. The molecule has 0 unspecified atom stereocenters. The lowest BCUT2D eigenvalue weighted by Gasteiger charge is -2.07. The molecule has 0 radical (unpaired) electrons. The molecule has 0 aliphatic heterocycles. The van der Waals surface area contributed by atoms with Crippen LogP contribution in [0.4, 0.5) is 5.82 Å². The Morgan fingerprint density at radius 2 is 2.11 bits per heavy atom. The highest BCUT2D eigenvalue weighted by atomic mass is 32.2. The fourth-order valence-electron chi connectivity index (χ4n) is 1.68. The number of hydrogen-bond donors (Lipinski definition) is 2. The zero-order valence-electron chi connectivity index (χ0n) is 10.7. The Kier molecular flexibility index (Phi) is 3.88. The van der Waals surface area contributed by atoms with Crippen LogP contribution in [0.1, 0.15) is 15.4 Å². The monoisotopic (exact) mass is 297 g/mol. The number of rotatable bonds is 4. The fraction of sp³-hybridized carbons (Fsp3) is 0.250. The van der Waals surface area contributed by atoms with Crippen LogP contribution in [0.5, 0.6) is 0 Å². The van der Waals surface area contributed by atoms with Crippen molar-refractivity contribution in [3.8, 4) is 0 Å².